The smallest absolute Gasteiger partial charge is 0.0577 e. The van der Waals surface area contributed by atoms with Gasteiger partial charge in [-0.1, -0.05) is 0 Å². The summed E-state index contributed by atoms with van der Waals surface area (Å²) >= 11 is 0. The van der Waals surface area contributed by atoms with Crippen molar-refractivity contribution in [3.05, 3.63) is 0 Å². The lowest BCUT2D eigenvalue weighted by Crippen LogP contribution is -2.48. The summed E-state index contributed by atoms with van der Waals surface area (Å²) in [5.74, 6) is -0.955. The van der Waals surface area contributed by atoms with Crippen LogP contribution < -0.4 is 5.11 Å². The third-order valence-electron chi connectivity index (χ3n) is 3.38. The van der Waals surface area contributed by atoms with Gasteiger partial charge in [-0.3, -0.25) is 0 Å². The molecule has 0 aromatic carbocycles. The first kappa shape index (κ1) is 8.05. The Labute approximate surface area is 71.4 Å². The van der Waals surface area contributed by atoms with Gasteiger partial charge in [0.1, 0.15) is 0 Å². The number of hydrogen-bond acceptors (Lipinski definition) is 3. The molecule has 0 amide bonds. The zero-order valence-electron chi connectivity index (χ0n) is 6.90. The highest BCUT2D eigenvalue weighted by atomic mass is 16.4. The van der Waals surface area contributed by atoms with Crippen LogP contribution in [0.25, 0.3) is 0 Å². The molecule has 3 saturated carbocycles. The molecule has 0 aromatic heterocycles. The Bertz CT molecular complexity index is 202. The van der Waals surface area contributed by atoms with Crippen molar-refractivity contribution in [3.8, 4) is 0 Å². The molecule has 3 heteroatoms. The molecular weight excluding hydrogens is 156 g/mol. The van der Waals surface area contributed by atoms with E-state index in [1.165, 1.54) is 0 Å². The lowest BCUT2D eigenvalue weighted by Gasteiger charge is -2.45. The van der Waals surface area contributed by atoms with E-state index in [0.29, 0.717) is 5.92 Å². The SMILES string of the molecule is O=C([O-])[C@@H]1C[C@H]2CC[C@@H]1[C@H](O)C2. The van der Waals surface area contributed by atoms with Gasteiger partial charge >= 0.3 is 0 Å². The van der Waals surface area contributed by atoms with Crippen LogP contribution in [0, 0.1) is 17.8 Å². The van der Waals surface area contributed by atoms with Crippen molar-refractivity contribution in [1.29, 1.82) is 0 Å². The Hall–Kier alpha value is -0.570. The first-order chi connectivity index (χ1) is 5.68. The third-order valence-corrected chi connectivity index (χ3v) is 3.38. The minimum Gasteiger partial charge on any atom is -0.550 e. The Morgan fingerprint density at radius 3 is 2.50 bits per heavy atom. The molecule has 0 unspecified atom stereocenters. The largest absolute Gasteiger partial charge is 0.550 e. The van der Waals surface area contributed by atoms with Gasteiger partial charge in [0, 0.05) is 11.9 Å². The summed E-state index contributed by atoms with van der Waals surface area (Å²) in [6, 6.07) is 0. The normalized spacial score (nSPS) is 46.1. The van der Waals surface area contributed by atoms with Gasteiger partial charge in [-0.15, -0.1) is 0 Å². The number of carbonyl (C=O) groups is 1. The lowest BCUT2D eigenvalue weighted by molar-refractivity contribution is -0.317. The van der Waals surface area contributed by atoms with Crippen molar-refractivity contribution in [2.75, 3.05) is 0 Å². The van der Waals surface area contributed by atoms with E-state index in [4.69, 9.17) is 0 Å². The monoisotopic (exact) mass is 169 g/mol. The number of aliphatic carboxylic acids is 1. The summed E-state index contributed by atoms with van der Waals surface area (Å²) in [5.41, 5.74) is 0. The zero-order chi connectivity index (χ0) is 8.72. The maximum Gasteiger partial charge on any atom is 0.0577 e. The maximum absolute atomic E-state index is 10.7. The second kappa shape index (κ2) is 2.73. The van der Waals surface area contributed by atoms with Crippen LogP contribution in [0.5, 0.6) is 0 Å². The molecule has 0 saturated heterocycles. The molecule has 3 nitrogen and oxygen atoms in total. The van der Waals surface area contributed by atoms with Crippen LogP contribution in [0.3, 0.4) is 0 Å². The van der Waals surface area contributed by atoms with E-state index in [1.54, 1.807) is 0 Å². The molecule has 2 bridgehead atoms. The van der Waals surface area contributed by atoms with Crippen molar-refractivity contribution >= 4 is 5.97 Å². The summed E-state index contributed by atoms with van der Waals surface area (Å²) in [7, 11) is 0. The van der Waals surface area contributed by atoms with E-state index >= 15 is 0 Å². The molecular formula is C9H13O3-. The van der Waals surface area contributed by atoms with Crippen molar-refractivity contribution in [1.82, 2.24) is 0 Å². The molecule has 68 valence electrons. The van der Waals surface area contributed by atoms with Crippen LogP contribution in [-0.2, 0) is 4.79 Å². The third kappa shape index (κ3) is 1.12. The average Bonchev–Trinajstić information content (AvgIpc) is 2.04. The summed E-state index contributed by atoms with van der Waals surface area (Å²) in [4.78, 5) is 10.7. The standard InChI is InChI=1S/C9H14O3/c10-8-4-5-1-2-6(8)7(3-5)9(11)12/h5-8,10H,1-4H2,(H,11,12)/p-1/t5-,6+,7-,8-/m1/s1. The minimum absolute atomic E-state index is 0.0278. The number of carboxylic acids is 1. The first-order valence-corrected chi connectivity index (χ1v) is 4.57. The van der Waals surface area contributed by atoms with Gasteiger partial charge in [-0.2, -0.15) is 0 Å². The van der Waals surface area contributed by atoms with Crippen molar-refractivity contribution in [2.45, 2.75) is 31.8 Å². The number of carbonyl (C=O) groups excluding carboxylic acids is 1. The van der Waals surface area contributed by atoms with E-state index in [0.717, 1.165) is 25.7 Å². The molecule has 3 fully saturated rings. The zero-order valence-corrected chi connectivity index (χ0v) is 6.90. The van der Waals surface area contributed by atoms with E-state index in [-0.39, 0.29) is 17.9 Å². The average molecular weight is 169 g/mol. The second-order valence-electron chi connectivity index (χ2n) is 4.07. The second-order valence-corrected chi connectivity index (χ2v) is 4.07. The highest BCUT2D eigenvalue weighted by molar-refractivity contribution is 5.68. The summed E-state index contributed by atoms with van der Waals surface area (Å²) in [5, 5.41) is 20.2. The van der Waals surface area contributed by atoms with E-state index in [1.807, 2.05) is 0 Å². The van der Waals surface area contributed by atoms with E-state index in [9.17, 15) is 15.0 Å². The predicted molar refractivity (Wildman–Crippen MR) is 40.0 cm³/mol. The number of aliphatic hydroxyl groups is 1. The van der Waals surface area contributed by atoms with Crippen molar-refractivity contribution in [3.63, 3.8) is 0 Å². The molecule has 3 aliphatic carbocycles. The molecule has 0 aromatic rings. The minimum atomic E-state index is -0.969. The van der Waals surface area contributed by atoms with Crippen LogP contribution in [0.2, 0.25) is 0 Å². The van der Waals surface area contributed by atoms with Gasteiger partial charge in [0.05, 0.1) is 6.10 Å². The molecule has 3 rings (SSSR count). The molecule has 4 atom stereocenters. The van der Waals surface area contributed by atoms with Crippen molar-refractivity contribution in [2.24, 2.45) is 17.8 Å². The van der Waals surface area contributed by atoms with Crippen LogP contribution in [0.1, 0.15) is 25.7 Å². The summed E-state index contributed by atoms with van der Waals surface area (Å²) < 4.78 is 0. The topological polar surface area (TPSA) is 60.4 Å². The Morgan fingerprint density at radius 2 is 2.08 bits per heavy atom. The molecule has 1 N–H and O–H groups in total. The van der Waals surface area contributed by atoms with E-state index in [2.05, 4.69) is 0 Å². The Morgan fingerprint density at radius 1 is 1.33 bits per heavy atom. The number of aliphatic hydroxyl groups excluding tert-OH is 1. The molecule has 0 spiro atoms. The molecule has 0 radical (unpaired) electrons. The van der Waals surface area contributed by atoms with Gasteiger partial charge < -0.3 is 15.0 Å². The maximum atomic E-state index is 10.7. The Kier molecular flexibility index (Phi) is 1.83. The first-order valence-electron chi connectivity index (χ1n) is 4.57. The van der Waals surface area contributed by atoms with Gasteiger partial charge in [0.2, 0.25) is 0 Å². The Balaban J connectivity index is 2.14. The van der Waals surface area contributed by atoms with Crippen LogP contribution in [0.15, 0.2) is 0 Å². The number of fused-ring (bicyclic) bond motifs is 3. The van der Waals surface area contributed by atoms with Crippen molar-refractivity contribution < 1.29 is 15.0 Å². The highest BCUT2D eigenvalue weighted by Crippen LogP contribution is 2.44. The fourth-order valence-electron chi connectivity index (χ4n) is 2.74. The predicted octanol–water partition coefficient (Wildman–Crippen LogP) is -0.467. The molecule has 0 aliphatic heterocycles. The van der Waals surface area contributed by atoms with Crippen LogP contribution in [0.4, 0.5) is 0 Å². The van der Waals surface area contributed by atoms with Crippen LogP contribution in [-0.4, -0.2) is 17.2 Å². The summed E-state index contributed by atoms with van der Waals surface area (Å²) in [6.07, 6.45) is 3.09. The number of hydrogen-bond donors (Lipinski definition) is 1. The number of rotatable bonds is 1. The van der Waals surface area contributed by atoms with Gasteiger partial charge in [-0.25, -0.2) is 0 Å². The van der Waals surface area contributed by atoms with Gasteiger partial charge in [0.15, 0.2) is 0 Å². The van der Waals surface area contributed by atoms with Gasteiger partial charge in [0.25, 0.3) is 0 Å². The van der Waals surface area contributed by atoms with E-state index < -0.39 is 5.97 Å². The fourth-order valence-corrected chi connectivity index (χ4v) is 2.74. The lowest BCUT2D eigenvalue weighted by atomic mass is 9.63. The molecule has 0 heterocycles. The quantitative estimate of drug-likeness (QED) is 0.577. The van der Waals surface area contributed by atoms with Gasteiger partial charge in [-0.05, 0) is 37.5 Å². The number of carboxylic acid groups (broad SMARTS) is 1. The molecule has 3 aliphatic rings. The highest BCUT2D eigenvalue weighted by Gasteiger charge is 2.41. The summed E-state index contributed by atoms with van der Waals surface area (Å²) in [6.45, 7) is 0. The molecule has 12 heavy (non-hydrogen) atoms. The fraction of sp³-hybridized carbons (Fsp3) is 0.889. The van der Waals surface area contributed by atoms with Crippen LogP contribution >= 0.6 is 0 Å².